The highest BCUT2D eigenvalue weighted by molar-refractivity contribution is 6.08. The number of ether oxygens (including phenoxy) is 1. The van der Waals surface area contributed by atoms with E-state index in [1.807, 2.05) is 6.07 Å². The van der Waals surface area contributed by atoms with Gasteiger partial charge in [-0.3, -0.25) is 14.6 Å². The average Bonchev–Trinajstić information content (AvgIpc) is 3.60. The molecule has 0 radical (unpaired) electrons. The Hall–Kier alpha value is -3.59. The number of amides is 3. The number of H-pyrrole nitrogens is 1. The van der Waals surface area contributed by atoms with Gasteiger partial charge < -0.3 is 20.1 Å². The summed E-state index contributed by atoms with van der Waals surface area (Å²) in [5.41, 5.74) is 1.29. The van der Waals surface area contributed by atoms with E-state index in [1.165, 1.54) is 24.9 Å². The Bertz CT molecular complexity index is 1400. The monoisotopic (exact) mass is 506 g/mol. The first-order valence-electron chi connectivity index (χ1n) is 12.9. The molecule has 2 fully saturated rings. The summed E-state index contributed by atoms with van der Waals surface area (Å²) < 4.78 is 20.8. The number of phenols is 1. The summed E-state index contributed by atoms with van der Waals surface area (Å²) in [5, 5.41) is 14.0. The Morgan fingerprint density at radius 2 is 2.05 bits per heavy atom. The van der Waals surface area contributed by atoms with E-state index in [9.17, 15) is 14.7 Å². The predicted octanol–water partition coefficient (Wildman–Crippen LogP) is 4.08. The van der Waals surface area contributed by atoms with Crippen molar-refractivity contribution < 1.29 is 23.8 Å². The third-order valence-corrected chi connectivity index (χ3v) is 8.00. The van der Waals surface area contributed by atoms with Crippen LogP contribution in [0.3, 0.4) is 0 Å². The minimum atomic E-state index is -1.20. The lowest BCUT2D eigenvalue weighted by molar-refractivity contribution is -0.133. The quantitative estimate of drug-likeness (QED) is 0.316. The maximum Gasteiger partial charge on any atom is 0.328 e. The molecule has 0 bridgehead atoms. The lowest BCUT2D eigenvalue weighted by atomic mass is 9.81. The molecule has 3 N–H and O–H groups in total. The van der Waals surface area contributed by atoms with E-state index >= 15 is 4.39 Å². The number of aromatic nitrogens is 1. The van der Waals surface area contributed by atoms with Crippen molar-refractivity contribution in [1.29, 1.82) is 0 Å². The van der Waals surface area contributed by atoms with Crippen molar-refractivity contribution >= 4 is 22.8 Å². The van der Waals surface area contributed by atoms with Crippen molar-refractivity contribution in [2.24, 2.45) is 5.92 Å². The molecule has 37 heavy (non-hydrogen) atoms. The van der Waals surface area contributed by atoms with Crippen molar-refractivity contribution in [3.63, 3.8) is 0 Å². The maximum atomic E-state index is 15.5. The van der Waals surface area contributed by atoms with Crippen molar-refractivity contribution in [2.45, 2.75) is 44.2 Å². The number of carbonyl (C=O) groups is 2. The summed E-state index contributed by atoms with van der Waals surface area (Å²) in [6.45, 7) is 3.77. The normalized spacial score (nSPS) is 23.1. The molecule has 1 saturated carbocycles. The first-order valence-corrected chi connectivity index (χ1v) is 12.9. The van der Waals surface area contributed by atoms with Crippen LogP contribution in [0.2, 0.25) is 0 Å². The molecule has 1 aliphatic carbocycles. The van der Waals surface area contributed by atoms with Gasteiger partial charge in [0.1, 0.15) is 17.3 Å². The van der Waals surface area contributed by atoms with E-state index in [1.54, 1.807) is 42.2 Å². The molecule has 1 saturated heterocycles. The molecule has 2 atom stereocenters. The van der Waals surface area contributed by atoms with Crippen LogP contribution in [0.5, 0.6) is 11.5 Å². The third-order valence-electron chi connectivity index (χ3n) is 8.00. The fourth-order valence-corrected chi connectivity index (χ4v) is 5.94. The van der Waals surface area contributed by atoms with Gasteiger partial charge in [-0.2, -0.15) is 0 Å². The van der Waals surface area contributed by atoms with Crippen LogP contribution < -0.4 is 10.1 Å². The summed E-state index contributed by atoms with van der Waals surface area (Å²) in [6.07, 6.45) is 3.36. The molecule has 3 amide bonds. The minimum Gasteiger partial charge on any atom is -0.508 e. The SMILES string of the molecule is COc1ccc2[nH]c3c(c2c1F)CC1(C)C(=O)N(CCCNCC2CC2)C(=O)N1C3c1cccc(O)c1. The van der Waals surface area contributed by atoms with Crippen molar-refractivity contribution in [1.82, 2.24) is 20.1 Å². The largest absolute Gasteiger partial charge is 0.508 e. The number of aromatic amines is 1. The van der Waals surface area contributed by atoms with Gasteiger partial charge in [0.05, 0.1) is 7.11 Å². The maximum absolute atomic E-state index is 15.5. The highest BCUT2D eigenvalue weighted by atomic mass is 19.1. The van der Waals surface area contributed by atoms with Gasteiger partial charge in [-0.05, 0) is 80.6 Å². The predicted molar refractivity (Wildman–Crippen MR) is 136 cm³/mol. The number of hydrogen-bond acceptors (Lipinski definition) is 5. The molecule has 3 aliphatic rings. The zero-order chi connectivity index (χ0) is 25.9. The number of methoxy groups -OCH3 is 1. The van der Waals surface area contributed by atoms with Crippen LogP contribution >= 0.6 is 0 Å². The Morgan fingerprint density at radius 1 is 1.24 bits per heavy atom. The molecule has 2 unspecified atom stereocenters. The smallest absolute Gasteiger partial charge is 0.328 e. The van der Waals surface area contributed by atoms with Crippen molar-refractivity contribution in [3.05, 3.63) is 59.0 Å². The molecule has 1 aromatic heterocycles. The van der Waals surface area contributed by atoms with Crippen molar-refractivity contribution in [3.8, 4) is 11.5 Å². The molecule has 3 heterocycles. The number of urea groups is 1. The zero-order valence-corrected chi connectivity index (χ0v) is 21.0. The third kappa shape index (κ3) is 3.75. The van der Waals surface area contributed by atoms with E-state index in [0.717, 1.165) is 19.0 Å². The van der Waals surface area contributed by atoms with Crippen LogP contribution in [0, 0.1) is 11.7 Å². The summed E-state index contributed by atoms with van der Waals surface area (Å²) in [5.74, 6) is 0.137. The fourth-order valence-electron chi connectivity index (χ4n) is 5.94. The van der Waals surface area contributed by atoms with Gasteiger partial charge in [-0.1, -0.05) is 12.1 Å². The van der Waals surface area contributed by atoms with E-state index in [-0.39, 0.29) is 29.9 Å². The second-order valence-electron chi connectivity index (χ2n) is 10.6. The molecule has 2 aromatic carbocycles. The number of benzene rings is 2. The van der Waals surface area contributed by atoms with Gasteiger partial charge in [-0.25, -0.2) is 9.18 Å². The number of phenolic OH excluding ortho intramolecular Hbond substituents is 1. The van der Waals surface area contributed by atoms with Crippen LogP contribution in [0.1, 0.15) is 49.0 Å². The number of halogens is 1. The van der Waals surface area contributed by atoms with Crippen LogP contribution in [0.25, 0.3) is 10.9 Å². The van der Waals surface area contributed by atoms with E-state index in [0.29, 0.717) is 40.7 Å². The molecular formula is C28H31FN4O4. The number of rotatable bonds is 8. The number of fused-ring (bicyclic) bond motifs is 4. The standard InChI is InChI=1S/C28H31FN4O4/c1-28-14-19-22-20(9-10-21(37-2)23(22)29)31-24(19)25(17-5-3-6-18(34)13-17)33(28)27(36)32(26(28)35)12-4-11-30-15-16-7-8-16/h3,5-6,9-10,13,16,25,30-31,34H,4,7-8,11-12,14-15H2,1-2H3. The molecule has 2 aliphatic heterocycles. The number of nitrogens with zero attached hydrogens (tertiary/aromatic N) is 2. The molecule has 194 valence electrons. The topological polar surface area (TPSA) is 97.9 Å². The molecular weight excluding hydrogens is 475 g/mol. The Labute approximate surface area is 214 Å². The van der Waals surface area contributed by atoms with Crippen LogP contribution in [0.4, 0.5) is 9.18 Å². The minimum absolute atomic E-state index is 0.0480. The lowest BCUT2D eigenvalue weighted by Gasteiger charge is -2.42. The Balaban J connectivity index is 1.42. The lowest BCUT2D eigenvalue weighted by Crippen LogP contribution is -2.53. The van der Waals surface area contributed by atoms with Crippen LogP contribution in [-0.2, 0) is 11.2 Å². The first kappa shape index (κ1) is 23.8. The van der Waals surface area contributed by atoms with Gasteiger partial charge in [0.25, 0.3) is 5.91 Å². The number of aromatic hydroxyl groups is 1. The molecule has 3 aromatic rings. The molecule has 8 nitrogen and oxygen atoms in total. The van der Waals surface area contributed by atoms with Crippen LogP contribution in [0.15, 0.2) is 36.4 Å². The van der Waals surface area contributed by atoms with E-state index in [2.05, 4.69) is 10.3 Å². The van der Waals surface area contributed by atoms with E-state index in [4.69, 9.17) is 4.74 Å². The number of hydrogen-bond donors (Lipinski definition) is 3. The number of carbonyl (C=O) groups excluding carboxylic acids is 2. The van der Waals surface area contributed by atoms with Gasteiger partial charge in [0.15, 0.2) is 11.6 Å². The molecule has 0 spiro atoms. The summed E-state index contributed by atoms with van der Waals surface area (Å²) in [6, 6.07) is 8.89. The fraction of sp³-hybridized carbons (Fsp3) is 0.429. The Morgan fingerprint density at radius 3 is 2.78 bits per heavy atom. The zero-order valence-electron chi connectivity index (χ0n) is 21.0. The van der Waals surface area contributed by atoms with Crippen LogP contribution in [-0.4, -0.2) is 64.1 Å². The van der Waals surface area contributed by atoms with Gasteiger partial charge in [0, 0.05) is 29.6 Å². The number of nitrogens with one attached hydrogen (secondary N) is 2. The van der Waals surface area contributed by atoms with E-state index < -0.39 is 17.4 Å². The highest BCUT2D eigenvalue weighted by Gasteiger charge is 2.60. The second-order valence-corrected chi connectivity index (χ2v) is 10.6. The number of imide groups is 1. The molecule has 9 heteroatoms. The second kappa shape index (κ2) is 8.76. The summed E-state index contributed by atoms with van der Waals surface area (Å²) >= 11 is 0. The van der Waals surface area contributed by atoms with Gasteiger partial charge >= 0.3 is 6.03 Å². The van der Waals surface area contributed by atoms with Crippen molar-refractivity contribution in [2.75, 3.05) is 26.7 Å². The summed E-state index contributed by atoms with van der Waals surface area (Å²) in [4.78, 5) is 33.9. The first-order chi connectivity index (χ1) is 17.8. The average molecular weight is 507 g/mol. The summed E-state index contributed by atoms with van der Waals surface area (Å²) in [7, 11) is 1.42. The van der Waals surface area contributed by atoms with Gasteiger partial charge in [-0.15, -0.1) is 0 Å². The Kier molecular flexibility index (Phi) is 5.63. The molecule has 6 rings (SSSR count). The highest BCUT2D eigenvalue weighted by Crippen LogP contribution is 2.49. The van der Waals surface area contributed by atoms with Gasteiger partial charge in [0.2, 0.25) is 0 Å².